The van der Waals surface area contributed by atoms with Crippen LogP contribution in [0.25, 0.3) is 0 Å². The van der Waals surface area contributed by atoms with Gasteiger partial charge < -0.3 is 19.9 Å². The lowest BCUT2D eigenvalue weighted by Gasteiger charge is -2.12. The average molecular weight is 287 g/mol. The van der Waals surface area contributed by atoms with Crippen molar-refractivity contribution in [2.75, 3.05) is 13.3 Å². The zero-order valence-corrected chi connectivity index (χ0v) is 11.7. The van der Waals surface area contributed by atoms with E-state index in [1.54, 1.807) is 18.5 Å². The van der Waals surface area contributed by atoms with Gasteiger partial charge in [0.2, 0.25) is 6.79 Å². The van der Waals surface area contributed by atoms with Crippen molar-refractivity contribution in [1.29, 1.82) is 0 Å². The SMILES string of the molecule is Cc1cnc(CNCC(O)c2ccc3c(c2)OCO3)cn1. The van der Waals surface area contributed by atoms with Gasteiger partial charge in [-0.3, -0.25) is 9.97 Å². The number of nitrogens with zero attached hydrogens (tertiary/aromatic N) is 2. The van der Waals surface area contributed by atoms with Crippen molar-refractivity contribution in [3.05, 3.63) is 47.5 Å². The topological polar surface area (TPSA) is 76.5 Å². The Morgan fingerprint density at radius 2 is 2.10 bits per heavy atom. The lowest BCUT2D eigenvalue weighted by molar-refractivity contribution is 0.170. The van der Waals surface area contributed by atoms with E-state index in [-0.39, 0.29) is 6.79 Å². The van der Waals surface area contributed by atoms with Crippen LogP contribution >= 0.6 is 0 Å². The zero-order chi connectivity index (χ0) is 14.7. The minimum atomic E-state index is -0.613. The monoisotopic (exact) mass is 287 g/mol. The van der Waals surface area contributed by atoms with Gasteiger partial charge in [-0.25, -0.2) is 0 Å². The second kappa shape index (κ2) is 6.07. The maximum Gasteiger partial charge on any atom is 0.231 e. The molecule has 21 heavy (non-hydrogen) atoms. The highest BCUT2D eigenvalue weighted by atomic mass is 16.7. The Morgan fingerprint density at radius 3 is 2.90 bits per heavy atom. The van der Waals surface area contributed by atoms with Crippen LogP contribution in [0, 0.1) is 6.92 Å². The Bertz CT molecular complexity index is 616. The molecular formula is C15H17N3O3. The number of aromatic nitrogens is 2. The summed E-state index contributed by atoms with van der Waals surface area (Å²) >= 11 is 0. The number of hydrogen-bond donors (Lipinski definition) is 2. The molecule has 0 fully saturated rings. The van der Waals surface area contributed by atoms with Crippen molar-refractivity contribution >= 4 is 0 Å². The van der Waals surface area contributed by atoms with Crippen molar-refractivity contribution in [1.82, 2.24) is 15.3 Å². The van der Waals surface area contributed by atoms with Gasteiger partial charge in [0, 0.05) is 25.5 Å². The highest BCUT2D eigenvalue weighted by Gasteiger charge is 2.16. The number of rotatable bonds is 5. The molecule has 110 valence electrons. The molecule has 1 unspecified atom stereocenters. The number of hydrogen-bond acceptors (Lipinski definition) is 6. The highest BCUT2D eigenvalue weighted by Crippen LogP contribution is 2.34. The normalized spacial score (nSPS) is 14.2. The highest BCUT2D eigenvalue weighted by molar-refractivity contribution is 5.45. The molecule has 0 spiro atoms. The summed E-state index contributed by atoms with van der Waals surface area (Å²) in [7, 11) is 0. The third-order valence-electron chi connectivity index (χ3n) is 3.26. The van der Waals surface area contributed by atoms with E-state index in [4.69, 9.17) is 9.47 Å². The summed E-state index contributed by atoms with van der Waals surface area (Å²) in [5.74, 6) is 1.39. The maximum atomic E-state index is 10.2. The van der Waals surface area contributed by atoms with E-state index in [2.05, 4.69) is 15.3 Å². The van der Waals surface area contributed by atoms with Gasteiger partial charge in [0.15, 0.2) is 11.5 Å². The lowest BCUT2D eigenvalue weighted by Crippen LogP contribution is -2.21. The summed E-state index contributed by atoms with van der Waals surface area (Å²) in [6, 6.07) is 5.46. The van der Waals surface area contributed by atoms with E-state index in [1.807, 2.05) is 19.1 Å². The molecule has 1 aromatic carbocycles. The second-order valence-corrected chi connectivity index (χ2v) is 4.91. The van der Waals surface area contributed by atoms with Gasteiger partial charge in [-0.15, -0.1) is 0 Å². The maximum absolute atomic E-state index is 10.2. The Hall–Kier alpha value is -2.18. The first-order valence-corrected chi connectivity index (χ1v) is 6.78. The molecule has 1 aromatic heterocycles. The number of benzene rings is 1. The summed E-state index contributed by atoms with van der Waals surface area (Å²) in [6.45, 7) is 3.12. The molecular weight excluding hydrogens is 270 g/mol. The Morgan fingerprint density at radius 1 is 1.24 bits per heavy atom. The van der Waals surface area contributed by atoms with Gasteiger partial charge in [0.1, 0.15) is 0 Å². The second-order valence-electron chi connectivity index (χ2n) is 4.91. The molecule has 2 aromatic rings. The van der Waals surface area contributed by atoms with Crippen molar-refractivity contribution in [3.8, 4) is 11.5 Å². The van der Waals surface area contributed by atoms with E-state index >= 15 is 0 Å². The fourth-order valence-corrected chi connectivity index (χ4v) is 2.09. The van der Waals surface area contributed by atoms with Gasteiger partial charge in [-0.05, 0) is 24.6 Å². The summed E-state index contributed by atoms with van der Waals surface area (Å²) in [6.07, 6.45) is 2.85. The van der Waals surface area contributed by atoms with Crippen LogP contribution in [0.4, 0.5) is 0 Å². The van der Waals surface area contributed by atoms with Gasteiger partial charge >= 0.3 is 0 Å². The predicted molar refractivity (Wildman–Crippen MR) is 76.0 cm³/mol. The molecule has 0 saturated heterocycles. The molecule has 6 heteroatoms. The fraction of sp³-hybridized carbons (Fsp3) is 0.333. The molecule has 0 amide bonds. The summed E-state index contributed by atoms with van der Waals surface area (Å²) in [4.78, 5) is 8.43. The van der Waals surface area contributed by atoms with Gasteiger partial charge in [-0.1, -0.05) is 6.07 Å². The fourth-order valence-electron chi connectivity index (χ4n) is 2.09. The number of nitrogens with one attached hydrogen (secondary N) is 1. The number of fused-ring (bicyclic) bond motifs is 1. The molecule has 1 aliphatic heterocycles. The third kappa shape index (κ3) is 3.29. The van der Waals surface area contributed by atoms with Crippen LogP contribution in [0.2, 0.25) is 0 Å². The molecule has 0 radical (unpaired) electrons. The number of ether oxygens (including phenoxy) is 2. The average Bonchev–Trinajstić information content (AvgIpc) is 2.96. The smallest absolute Gasteiger partial charge is 0.231 e. The van der Waals surface area contributed by atoms with E-state index < -0.39 is 6.10 Å². The van der Waals surface area contributed by atoms with E-state index in [0.717, 1.165) is 17.0 Å². The van der Waals surface area contributed by atoms with Gasteiger partial charge in [0.25, 0.3) is 0 Å². The van der Waals surface area contributed by atoms with Gasteiger partial charge in [-0.2, -0.15) is 0 Å². The Kier molecular flexibility index (Phi) is 3.98. The molecule has 2 heterocycles. The predicted octanol–water partition coefficient (Wildman–Crippen LogP) is 1.34. The summed E-state index contributed by atoms with van der Waals surface area (Å²) in [5.41, 5.74) is 2.53. The van der Waals surface area contributed by atoms with Crippen LogP contribution < -0.4 is 14.8 Å². The Labute approximate surface area is 122 Å². The molecule has 0 aliphatic carbocycles. The minimum absolute atomic E-state index is 0.235. The van der Waals surface area contributed by atoms with Gasteiger partial charge in [0.05, 0.1) is 17.5 Å². The standard InChI is InChI=1S/C15H17N3O3/c1-10-5-18-12(7-17-10)6-16-8-13(19)11-2-3-14-15(4-11)21-9-20-14/h2-5,7,13,16,19H,6,8-9H2,1H3. The van der Waals surface area contributed by atoms with Crippen LogP contribution in [0.1, 0.15) is 23.1 Å². The first-order chi connectivity index (χ1) is 10.2. The van der Waals surface area contributed by atoms with Crippen LogP contribution in [0.5, 0.6) is 11.5 Å². The quantitative estimate of drug-likeness (QED) is 0.864. The van der Waals surface area contributed by atoms with E-state index in [1.165, 1.54) is 0 Å². The largest absolute Gasteiger partial charge is 0.454 e. The lowest BCUT2D eigenvalue weighted by atomic mass is 10.1. The van der Waals surface area contributed by atoms with Crippen LogP contribution in [-0.4, -0.2) is 28.4 Å². The zero-order valence-electron chi connectivity index (χ0n) is 11.7. The van der Waals surface area contributed by atoms with Crippen molar-refractivity contribution in [2.24, 2.45) is 0 Å². The third-order valence-corrected chi connectivity index (χ3v) is 3.26. The minimum Gasteiger partial charge on any atom is -0.454 e. The summed E-state index contributed by atoms with van der Waals surface area (Å²) in [5, 5.41) is 13.3. The summed E-state index contributed by atoms with van der Waals surface area (Å²) < 4.78 is 10.5. The molecule has 2 N–H and O–H groups in total. The first-order valence-electron chi connectivity index (χ1n) is 6.78. The number of aliphatic hydroxyl groups excluding tert-OH is 1. The van der Waals surface area contributed by atoms with E-state index in [9.17, 15) is 5.11 Å². The molecule has 1 atom stereocenters. The molecule has 1 aliphatic rings. The molecule has 0 bridgehead atoms. The van der Waals surface area contributed by atoms with Crippen molar-refractivity contribution in [3.63, 3.8) is 0 Å². The van der Waals surface area contributed by atoms with E-state index in [0.29, 0.717) is 24.6 Å². The van der Waals surface area contributed by atoms with Crippen LogP contribution in [0.3, 0.4) is 0 Å². The molecule has 0 saturated carbocycles. The Balaban J connectivity index is 1.54. The van der Waals surface area contributed by atoms with Crippen LogP contribution in [-0.2, 0) is 6.54 Å². The number of aryl methyl sites for hydroxylation is 1. The van der Waals surface area contributed by atoms with Crippen molar-refractivity contribution < 1.29 is 14.6 Å². The van der Waals surface area contributed by atoms with Crippen LogP contribution in [0.15, 0.2) is 30.6 Å². The van der Waals surface area contributed by atoms with Crippen molar-refractivity contribution in [2.45, 2.75) is 19.6 Å². The number of aliphatic hydroxyl groups is 1. The molecule has 6 nitrogen and oxygen atoms in total. The molecule has 3 rings (SSSR count). The first kappa shape index (κ1) is 13.8.